The summed E-state index contributed by atoms with van der Waals surface area (Å²) < 4.78 is 4.89. The van der Waals surface area contributed by atoms with Gasteiger partial charge in [-0.3, -0.25) is 0 Å². The third-order valence-electron chi connectivity index (χ3n) is 14.5. The molecule has 324 valence electrons. The van der Waals surface area contributed by atoms with E-state index in [1.165, 1.54) is 54.9 Å². The first kappa shape index (κ1) is 39.3. The van der Waals surface area contributed by atoms with Gasteiger partial charge in [-0.2, -0.15) is 0 Å². The van der Waals surface area contributed by atoms with Crippen molar-refractivity contribution in [3.05, 3.63) is 236 Å². The van der Waals surface area contributed by atoms with Crippen molar-refractivity contribution >= 4 is 54.4 Å². The van der Waals surface area contributed by atoms with Gasteiger partial charge in [-0.25, -0.2) is 15.0 Å². The summed E-state index contributed by atoms with van der Waals surface area (Å²) in [7, 11) is 0. The van der Waals surface area contributed by atoms with Crippen LogP contribution in [0.4, 0.5) is 0 Å². The van der Waals surface area contributed by atoms with Gasteiger partial charge in [-0.1, -0.05) is 190 Å². The van der Waals surface area contributed by atoms with Gasteiger partial charge in [0.2, 0.25) is 0 Å². The molecule has 0 radical (unpaired) electrons. The highest BCUT2D eigenvalue weighted by molar-refractivity contribution is 6.15. The van der Waals surface area contributed by atoms with E-state index in [-0.39, 0.29) is 5.41 Å². The van der Waals surface area contributed by atoms with E-state index in [2.05, 4.69) is 247 Å². The number of benzene rings is 10. The second-order valence-electron chi connectivity index (χ2n) is 18.8. The fourth-order valence-electron chi connectivity index (χ4n) is 11.2. The Kier molecular flexibility index (Phi) is 8.56. The third kappa shape index (κ3) is 6.07. The Morgan fingerprint density at radius 2 is 0.899 bits per heavy atom. The van der Waals surface area contributed by atoms with Gasteiger partial charge in [-0.15, -0.1) is 0 Å². The number of para-hydroxylation sites is 3. The highest BCUT2D eigenvalue weighted by Crippen LogP contribution is 2.49. The van der Waals surface area contributed by atoms with E-state index in [4.69, 9.17) is 15.0 Å². The lowest BCUT2D eigenvalue weighted by atomic mass is 9.82. The van der Waals surface area contributed by atoms with Gasteiger partial charge in [0.25, 0.3) is 0 Å². The van der Waals surface area contributed by atoms with Crippen LogP contribution in [0.15, 0.2) is 224 Å². The number of aromatic nitrogens is 5. The molecule has 0 amide bonds. The Morgan fingerprint density at radius 1 is 0.333 bits per heavy atom. The van der Waals surface area contributed by atoms with Crippen molar-refractivity contribution < 1.29 is 0 Å². The molecule has 0 aliphatic heterocycles. The van der Waals surface area contributed by atoms with Crippen molar-refractivity contribution in [2.75, 3.05) is 0 Å². The quantitative estimate of drug-likeness (QED) is 0.167. The summed E-state index contributed by atoms with van der Waals surface area (Å²) in [6, 6.07) is 80.9. The van der Waals surface area contributed by atoms with Crippen molar-refractivity contribution in [3.63, 3.8) is 0 Å². The zero-order valence-corrected chi connectivity index (χ0v) is 38.1. The van der Waals surface area contributed by atoms with Crippen molar-refractivity contribution in [2.24, 2.45) is 0 Å². The molecule has 14 rings (SSSR count). The highest BCUT2D eigenvalue weighted by atomic mass is 15.1. The van der Waals surface area contributed by atoms with Crippen LogP contribution in [-0.4, -0.2) is 24.1 Å². The van der Waals surface area contributed by atoms with Crippen LogP contribution in [0.25, 0.3) is 122 Å². The van der Waals surface area contributed by atoms with Gasteiger partial charge >= 0.3 is 0 Å². The molecule has 0 saturated carbocycles. The summed E-state index contributed by atoms with van der Waals surface area (Å²) in [6.07, 6.45) is 0. The van der Waals surface area contributed by atoms with Crippen LogP contribution in [0.1, 0.15) is 25.0 Å². The van der Waals surface area contributed by atoms with Gasteiger partial charge in [0.15, 0.2) is 17.5 Å². The van der Waals surface area contributed by atoms with Crippen molar-refractivity contribution in [3.8, 4) is 67.8 Å². The van der Waals surface area contributed by atoms with Gasteiger partial charge in [0.1, 0.15) is 0 Å². The summed E-state index contributed by atoms with van der Waals surface area (Å²) in [4.78, 5) is 16.0. The van der Waals surface area contributed by atoms with E-state index in [0.29, 0.717) is 17.5 Å². The normalized spacial score (nSPS) is 12.9. The van der Waals surface area contributed by atoms with Crippen LogP contribution < -0.4 is 0 Å². The second-order valence-corrected chi connectivity index (χ2v) is 18.8. The molecule has 10 aromatic carbocycles. The third-order valence-corrected chi connectivity index (χ3v) is 14.5. The molecular weight excluding hydrogens is 839 g/mol. The molecule has 0 spiro atoms. The molecule has 69 heavy (non-hydrogen) atoms. The van der Waals surface area contributed by atoms with Crippen LogP contribution in [0.3, 0.4) is 0 Å². The van der Waals surface area contributed by atoms with Crippen LogP contribution in [0, 0.1) is 0 Å². The predicted molar refractivity (Wildman–Crippen MR) is 285 cm³/mol. The lowest BCUT2D eigenvalue weighted by Gasteiger charge is -2.21. The molecule has 1 aliphatic carbocycles. The molecular formula is C64H43N5. The number of rotatable bonds is 6. The molecule has 0 saturated heterocycles. The minimum Gasteiger partial charge on any atom is -0.307 e. The monoisotopic (exact) mass is 881 g/mol. The molecule has 3 heterocycles. The maximum Gasteiger partial charge on any atom is 0.164 e. The molecule has 3 aromatic heterocycles. The zero-order chi connectivity index (χ0) is 45.8. The summed E-state index contributed by atoms with van der Waals surface area (Å²) in [5, 5.41) is 7.05. The van der Waals surface area contributed by atoms with Gasteiger partial charge in [0, 0.05) is 49.3 Å². The minimum absolute atomic E-state index is 0.170. The first-order valence-corrected chi connectivity index (χ1v) is 23.7. The fourth-order valence-corrected chi connectivity index (χ4v) is 11.2. The number of nitrogens with zero attached hydrogens (tertiary/aromatic N) is 5. The van der Waals surface area contributed by atoms with Gasteiger partial charge in [-0.05, 0) is 92.7 Å². The summed E-state index contributed by atoms with van der Waals surface area (Å²) in [5.74, 6) is 1.90. The number of fused-ring (bicyclic) bond motifs is 10. The van der Waals surface area contributed by atoms with E-state index < -0.39 is 0 Å². The second kappa shape index (κ2) is 15.0. The first-order valence-electron chi connectivity index (χ1n) is 23.7. The fraction of sp³-hybridized carbons (Fsp3) is 0.0469. The SMILES string of the molecule is CC1(C)c2ccccc2-c2ccc(-c3nc(-c4ccc5ccccc5c4)nc(-c4ccc5c6ccccc6n(-c6cccc7c8ccccc8n(-c8cccc(-c9ccccc9)c8)c67)c5c4)n3)cc21. The average Bonchev–Trinajstić information content (AvgIpc) is 4.01. The molecule has 0 atom stereocenters. The molecule has 13 aromatic rings. The van der Waals surface area contributed by atoms with E-state index >= 15 is 0 Å². The Balaban J connectivity index is 1.000. The maximum atomic E-state index is 5.38. The van der Waals surface area contributed by atoms with E-state index in [1.807, 2.05) is 0 Å². The van der Waals surface area contributed by atoms with Gasteiger partial charge in [0.05, 0.1) is 27.8 Å². The number of hydrogen-bond donors (Lipinski definition) is 0. The first-order chi connectivity index (χ1) is 34.0. The average molecular weight is 882 g/mol. The van der Waals surface area contributed by atoms with Crippen LogP contribution >= 0.6 is 0 Å². The van der Waals surface area contributed by atoms with Crippen LogP contribution in [0.5, 0.6) is 0 Å². The minimum atomic E-state index is -0.170. The molecule has 0 unspecified atom stereocenters. The topological polar surface area (TPSA) is 48.5 Å². The van der Waals surface area contributed by atoms with Crippen molar-refractivity contribution in [1.29, 1.82) is 0 Å². The van der Waals surface area contributed by atoms with E-state index in [9.17, 15) is 0 Å². The predicted octanol–water partition coefficient (Wildman–Crippen LogP) is 16.2. The Bertz CT molecular complexity index is 4230. The van der Waals surface area contributed by atoms with E-state index in [0.717, 1.165) is 60.9 Å². The summed E-state index contributed by atoms with van der Waals surface area (Å²) in [5.41, 5.74) is 16.9. The summed E-state index contributed by atoms with van der Waals surface area (Å²) >= 11 is 0. The molecule has 5 heteroatoms. The molecule has 0 fully saturated rings. The van der Waals surface area contributed by atoms with Crippen LogP contribution in [0.2, 0.25) is 0 Å². The molecule has 1 aliphatic rings. The molecule has 0 bridgehead atoms. The molecule has 5 nitrogen and oxygen atoms in total. The standard InChI is InChI=1S/C64H43N5/c1-64(2)54-26-11-8-22-48(54)49-34-32-45(38-55(49)64)62-65-61(44-31-30-41-18-6-7-19-42(41)36-44)66-63(67-62)46-33-35-52-50-23-9-13-28-57(50)69(59(52)39-46)58-29-15-25-53-51-24-10-12-27-56(51)68(60(53)58)47-21-14-20-43(37-47)40-16-4-3-5-17-40/h3-39H,1-2H3. The summed E-state index contributed by atoms with van der Waals surface area (Å²) in [6.45, 7) is 4.63. The number of hydrogen-bond acceptors (Lipinski definition) is 3. The Morgan fingerprint density at radius 3 is 1.71 bits per heavy atom. The maximum absolute atomic E-state index is 5.38. The molecule has 0 N–H and O–H groups in total. The van der Waals surface area contributed by atoms with Crippen LogP contribution in [-0.2, 0) is 5.41 Å². The van der Waals surface area contributed by atoms with Crippen molar-refractivity contribution in [2.45, 2.75) is 19.3 Å². The highest BCUT2D eigenvalue weighted by Gasteiger charge is 2.35. The van der Waals surface area contributed by atoms with Crippen molar-refractivity contribution in [1.82, 2.24) is 24.1 Å². The largest absolute Gasteiger partial charge is 0.307 e. The lowest BCUT2D eigenvalue weighted by molar-refractivity contribution is 0.660. The van der Waals surface area contributed by atoms with E-state index in [1.54, 1.807) is 0 Å². The smallest absolute Gasteiger partial charge is 0.164 e. The Hall–Kier alpha value is -8.93. The lowest BCUT2D eigenvalue weighted by Crippen LogP contribution is -2.15. The zero-order valence-electron chi connectivity index (χ0n) is 38.1. The Labute approximate surface area is 399 Å². The van der Waals surface area contributed by atoms with Gasteiger partial charge < -0.3 is 9.13 Å².